The van der Waals surface area contributed by atoms with Crippen molar-refractivity contribution < 1.29 is 23.8 Å². The molecule has 0 aliphatic heterocycles. The molecule has 2 aromatic carbocycles. The zero-order valence-corrected chi connectivity index (χ0v) is 19.7. The van der Waals surface area contributed by atoms with Crippen molar-refractivity contribution in [1.29, 1.82) is 0 Å². The molecule has 1 aliphatic carbocycles. The number of esters is 1. The maximum absolute atomic E-state index is 13.3. The van der Waals surface area contributed by atoms with Gasteiger partial charge in [-0.25, -0.2) is 9.59 Å². The van der Waals surface area contributed by atoms with E-state index in [1.165, 1.54) is 0 Å². The summed E-state index contributed by atoms with van der Waals surface area (Å²) in [4.78, 5) is 25.8. The van der Waals surface area contributed by atoms with Crippen LogP contribution in [0.25, 0.3) is 0 Å². The summed E-state index contributed by atoms with van der Waals surface area (Å²) < 4.78 is 16.8. The number of alkyl carbamates (subject to hydrolysis) is 1. The van der Waals surface area contributed by atoms with E-state index in [9.17, 15) is 9.59 Å². The van der Waals surface area contributed by atoms with Gasteiger partial charge in [-0.15, -0.1) is 0 Å². The van der Waals surface area contributed by atoms with Crippen LogP contribution in [-0.4, -0.2) is 30.8 Å². The molecular weight excluding hydrogens is 406 g/mol. The monoisotopic (exact) mass is 439 g/mol. The molecule has 3 rings (SSSR count). The van der Waals surface area contributed by atoms with Gasteiger partial charge in [0.2, 0.25) is 0 Å². The molecule has 0 saturated heterocycles. The second-order valence-electron chi connectivity index (χ2n) is 9.94. The number of carbonyl (C=O) groups excluding carboxylic acids is 2. The lowest BCUT2D eigenvalue weighted by atomic mass is 9.87. The van der Waals surface area contributed by atoms with E-state index >= 15 is 0 Å². The van der Waals surface area contributed by atoms with Crippen molar-refractivity contribution in [3.63, 3.8) is 0 Å². The summed E-state index contributed by atoms with van der Waals surface area (Å²) in [5.41, 5.74) is 2.03. The van der Waals surface area contributed by atoms with E-state index < -0.39 is 29.8 Å². The minimum absolute atomic E-state index is 0.284. The van der Waals surface area contributed by atoms with Gasteiger partial charge < -0.3 is 19.5 Å². The van der Waals surface area contributed by atoms with Crippen LogP contribution in [0.1, 0.15) is 57.4 Å². The molecule has 172 valence electrons. The highest BCUT2D eigenvalue weighted by Crippen LogP contribution is 2.48. The van der Waals surface area contributed by atoms with Crippen molar-refractivity contribution in [2.45, 2.75) is 65.2 Å². The second kappa shape index (κ2) is 9.23. The van der Waals surface area contributed by atoms with Crippen molar-refractivity contribution in [1.82, 2.24) is 5.32 Å². The van der Waals surface area contributed by atoms with Crippen LogP contribution in [0.15, 0.2) is 48.5 Å². The molecule has 0 radical (unpaired) electrons. The number of carbonyl (C=O) groups is 2. The Bertz CT molecular complexity index is 962. The summed E-state index contributed by atoms with van der Waals surface area (Å²) in [5.74, 6) is 0.226. The molecule has 0 unspecified atom stereocenters. The third-order valence-electron chi connectivity index (χ3n) is 5.48. The third kappa shape index (κ3) is 5.81. The molecule has 2 atom stereocenters. The minimum atomic E-state index is -0.877. The number of hydrogen-bond donors (Lipinski definition) is 1. The Morgan fingerprint density at radius 1 is 1.12 bits per heavy atom. The number of ether oxygens (including phenoxy) is 3. The molecule has 0 bridgehead atoms. The zero-order valence-electron chi connectivity index (χ0n) is 19.7. The second-order valence-corrected chi connectivity index (χ2v) is 9.94. The summed E-state index contributed by atoms with van der Waals surface area (Å²) in [6, 6.07) is 14.5. The molecule has 32 heavy (non-hydrogen) atoms. The molecule has 0 heterocycles. The average molecular weight is 440 g/mol. The standard InChI is InChI=1S/C26H33NO5/c1-25(2,3)32-24(29)27-21(14-17-10-8-7-9-11-17)23(28)31-22-20-15-19(30-6)13-12-18(20)16-26(22,4)5/h7-13,15,21-22H,14,16H2,1-6H3,(H,27,29)/t21-,22-/m0/s1. The van der Waals surface area contributed by atoms with Gasteiger partial charge in [0.05, 0.1) is 7.11 Å². The molecule has 0 fully saturated rings. The van der Waals surface area contributed by atoms with Crippen LogP contribution in [0.4, 0.5) is 4.79 Å². The predicted octanol–water partition coefficient (Wildman–Crippen LogP) is 5.00. The molecule has 0 aromatic heterocycles. The van der Waals surface area contributed by atoms with Crippen LogP contribution >= 0.6 is 0 Å². The maximum Gasteiger partial charge on any atom is 0.408 e. The quantitative estimate of drug-likeness (QED) is 0.642. The Morgan fingerprint density at radius 3 is 2.44 bits per heavy atom. The molecular formula is C26H33NO5. The molecule has 0 spiro atoms. The number of nitrogens with one attached hydrogen (secondary N) is 1. The number of methoxy groups -OCH3 is 1. The van der Waals surface area contributed by atoms with Crippen LogP contribution in [-0.2, 0) is 27.1 Å². The number of fused-ring (bicyclic) bond motifs is 1. The lowest BCUT2D eigenvalue weighted by Gasteiger charge is -2.29. The lowest BCUT2D eigenvalue weighted by molar-refractivity contribution is -0.157. The molecule has 6 heteroatoms. The van der Waals surface area contributed by atoms with Crippen LogP contribution < -0.4 is 10.1 Å². The van der Waals surface area contributed by atoms with Gasteiger partial charge in [-0.2, -0.15) is 0 Å². The first-order valence-electron chi connectivity index (χ1n) is 10.9. The topological polar surface area (TPSA) is 73.9 Å². The van der Waals surface area contributed by atoms with Gasteiger partial charge in [-0.3, -0.25) is 0 Å². The van der Waals surface area contributed by atoms with Gasteiger partial charge in [0.25, 0.3) is 0 Å². The Morgan fingerprint density at radius 2 is 1.81 bits per heavy atom. The SMILES string of the molecule is COc1ccc2c(c1)[C@H](OC(=O)[C@H](Cc1ccccc1)NC(=O)OC(C)(C)C)C(C)(C)C2. The summed E-state index contributed by atoms with van der Waals surface area (Å²) in [6.07, 6.45) is -0.00797. The Labute approximate surface area is 190 Å². The van der Waals surface area contributed by atoms with Crippen LogP contribution in [0.3, 0.4) is 0 Å². The predicted molar refractivity (Wildman–Crippen MR) is 123 cm³/mol. The highest BCUT2D eigenvalue weighted by Gasteiger charge is 2.43. The zero-order chi connectivity index (χ0) is 23.5. The lowest BCUT2D eigenvalue weighted by Crippen LogP contribution is -2.46. The van der Waals surface area contributed by atoms with E-state index in [1.54, 1.807) is 27.9 Å². The van der Waals surface area contributed by atoms with Crippen molar-refractivity contribution in [2.75, 3.05) is 7.11 Å². The van der Waals surface area contributed by atoms with Crippen molar-refractivity contribution >= 4 is 12.1 Å². The first-order valence-corrected chi connectivity index (χ1v) is 10.9. The van der Waals surface area contributed by atoms with E-state index in [2.05, 4.69) is 19.2 Å². The van der Waals surface area contributed by atoms with E-state index in [1.807, 2.05) is 48.5 Å². The van der Waals surface area contributed by atoms with E-state index in [0.29, 0.717) is 6.42 Å². The van der Waals surface area contributed by atoms with Gasteiger partial charge in [-0.1, -0.05) is 50.2 Å². The summed E-state index contributed by atoms with van der Waals surface area (Å²) in [6.45, 7) is 9.49. The highest BCUT2D eigenvalue weighted by atomic mass is 16.6. The largest absolute Gasteiger partial charge is 0.497 e. The first-order chi connectivity index (χ1) is 15.0. The van der Waals surface area contributed by atoms with Crippen LogP contribution in [0, 0.1) is 5.41 Å². The fourth-order valence-corrected chi connectivity index (χ4v) is 4.02. The van der Waals surface area contributed by atoms with Crippen molar-refractivity contribution in [2.24, 2.45) is 5.41 Å². The van der Waals surface area contributed by atoms with Crippen LogP contribution in [0.5, 0.6) is 5.75 Å². The maximum atomic E-state index is 13.3. The molecule has 2 aromatic rings. The molecule has 1 aliphatic rings. The van der Waals surface area contributed by atoms with E-state index in [4.69, 9.17) is 14.2 Å². The van der Waals surface area contributed by atoms with Gasteiger partial charge >= 0.3 is 12.1 Å². The first kappa shape index (κ1) is 23.6. The van der Waals surface area contributed by atoms with Gasteiger partial charge in [0.15, 0.2) is 0 Å². The fraction of sp³-hybridized carbons (Fsp3) is 0.462. The molecule has 0 saturated carbocycles. The summed E-state index contributed by atoms with van der Waals surface area (Å²) in [7, 11) is 1.61. The van der Waals surface area contributed by atoms with Gasteiger partial charge in [-0.05, 0) is 56.0 Å². The van der Waals surface area contributed by atoms with E-state index in [0.717, 1.165) is 28.9 Å². The normalized spacial score (nSPS) is 17.8. The molecule has 6 nitrogen and oxygen atoms in total. The smallest absolute Gasteiger partial charge is 0.408 e. The van der Waals surface area contributed by atoms with Gasteiger partial charge in [0.1, 0.15) is 23.5 Å². The average Bonchev–Trinajstić information content (AvgIpc) is 2.95. The summed E-state index contributed by atoms with van der Waals surface area (Å²) in [5, 5.41) is 2.71. The summed E-state index contributed by atoms with van der Waals surface area (Å²) >= 11 is 0. The Hall–Kier alpha value is -3.02. The Balaban J connectivity index is 1.83. The number of rotatable bonds is 6. The van der Waals surface area contributed by atoms with E-state index in [-0.39, 0.29) is 5.41 Å². The minimum Gasteiger partial charge on any atom is -0.497 e. The molecule has 1 amide bonds. The van der Waals surface area contributed by atoms with Gasteiger partial charge in [0, 0.05) is 11.8 Å². The van der Waals surface area contributed by atoms with Crippen molar-refractivity contribution in [3.05, 3.63) is 65.2 Å². The third-order valence-corrected chi connectivity index (χ3v) is 5.48. The highest BCUT2D eigenvalue weighted by molar-refractivity contribution is 5.82. The van der Waals surface area contributed by atoms with Crippen molar-refractivity contribution in [3.8, 4) is 5.75 Å². The number of benzene rings is 2. The Kier molecular flexibility index (Phi) is 6.82. The number of hydrogen-bond acceptors (Lipinski definition) is 5. The fourth-order valence-electron chi connectivity index (χ4n) is 4.02. The molecule has 1 N–H and O–H groups in total. The van der Waals surface area contributed by atoms with Crippen LogP contribution in [0.2, 0.25) is 0 Å². The number of amides is 1.